The Bertz CT molecular complexity index is 636. The molecule has 0 aliphatic heterocycles. The van der Waals surface area contributed by atoms with Crippen LogP contribution in [0.15, 0.2) is 33.5 Å². The second kappa shape index (κ2) is 6.64. The number of benzene rings is 1. The van der Waals surface area contributed by atoms with Gasteiger partial charge in [-0.25, -0.2) is 4.79 Å². The molecule has 0 radical (unpaired) electrons. The largest absolute Gasteiger partial charge is 0.421 e. The molecule has 4 heteroatoms. The van der Waals surface area contributed by atoms with Crippen LogP contribution in [0.1, 0.15) is 33.1 Å². The number of rotatable bonds is 6. The number of nitrogens with zero attached hydrogens (tertiary/aromatic N) is 1. The minimum absolute atomic E-state index is 0.239. The van der Waals surface area contributed by atoms with Crippen molar-refractivity contribution in [3.05, 3.63) is 34.7 Å². The maximum absolute atomic E-state index is 11.8. The molecule has 0 aliphatic rings. The predicted octanol–water partition coefficient (Wildman–Crippen LogP) is 2.07. The highest BCUT2D eigenvalue weighted by Gasteiger charge is 2.12. The van der Waals surface area contributed by atoms with E-state index in [4.69, 9.17) is 4.42 Å². The van der Waals surface area contributed by atoms with Crippen molar-refractivity contribution in [1.29, 1.82) is 0 Å². The highest BCUT2D eigenvalue weighted by atomic mass is 16.4. The molecular formula is C16H22BNO2. The zero-order valence-electron chi connectivity index (χ0n) is 12.6. The van der Waals surface area contributed by atoms with Crippen molar-refractivity contribution in [2.45, 2.75) is 33.1 Å². The molecule has 1 heterocycles. The van der Waals surface area contributed by atoms with E-state index >= 15 is 0 Å². The van der Waals surface area contributed by atoms with Crippen molar-refractivity contribution in [2.75, 3.05) is 18.0 Å². The summed E-state index contributed by atoms with van der Waals surface area (Å²) in [6.45, 7) is 6.35. The molecule has 2 aromatic rings. The van der Waals surface area contributed by atoms with Gasteiger partial charge < -0.3 is 9.32 Å². The lowest BCUT2D eigenvalue weighted by Crippen LogP contribution is -2.27. The smallest absolute Gasteiger partial charge is 0.329 e. The first kappa shape index (κ1) is 14.7. The predicted molar refractivity (Wildman–Crippen MR) is 88.1 cm³/mol. The highest BCUT2D eigenvalue weighted by molar-refractivity contribution is 6.32. The lowest BCUT2D eigenvalue weighted by atomic mass is 9.97. The van der Waals surface area contributed by atoms with E-state index in [9.17, 15) is 4.79 Å². The van der Waals surface area contributed by atoms with Crippen molar-refractivity contribution < 1.29 is 4.42 Å². The molecule has 0 atom stereocenters. The molecule has 2 rings (SSSR count). The number of fused-ring (bicyclic) bond motifs is 1. The summed E-state index contributed by atoms with van der Waals surface area (Å²) < 4.78 is 5.53. The first-order chi connectivity index (χ1) is 9.67. The van der Waals surface area contributed by atoms with E-state index in [2.05, 4.69) is 18.7 Å². The van der Waals surface area contributed by atoms with Gasteiger partial charge in [-0.15, -0.1) is 0 Å². The van der Waals surface area contributed by atoms with Crippen LogP contribution >= 0.6 is 0 Å². The van der Waals surface area contributed by atoms with E-state index in [0.29, 0.717) is 11.0 Å². The first-order valence-electron chi connectivity index (χ1n) is 7.45. The molecule has 0 fully saturated rings. The second-order valence-corrected chi connectivity index (χ2v) is 5.25. The van der Waals surface area contributed by atoms with Crippen molar-refractivity contribution in [3.63, 3.8) is 0 Å². The van der Waals surface area contributed by atoms with Gasteiger partial charge in [-0.05, 0) is 24.4 Å². The van der Waals surface area contributed by atoms with Crippen LogP contribution < -0.4 is 16.0 Å². The highest BCUT2D eigenvalue weighted by Crippen LogP contribution is 2.25. The van der Waals surface area contributed by atoms with E-state index < -0.39 is 0 Å². The maximum atomic E-state index is 11.8. The molecule has 106 valence electrons. The summed E-state index contributed by atoms with van der Waals surface area (Å²) in [5, 5.41) is 0.997. The Hall–Kier alpha value is -1.71. The molecule has 0 bridgehead atoms. The second-order valence-electron chi connectivity index (χ2n) is 5.25. The Labute approximate surface area is 121 Å². The Morgan fingerprint density at radius 3 is 2.70 bits per heavy atom. The first-order valence-corrected chi connectivity index (χ1v) is 7.45. The van der Waals surface area contributed by atoms with Gasteiger partial charge in [-0.1, -0.05) is 38.5 Å². The fourth-order valence-corrected chi connectivity index (χ4v) is 2.45. The van der Waals surface area contributed by atoms with E-state index in [1.165, 1.54) is 0 Å². The van der Waals surface area contributed by atoms with Crippen LogP contribution in [0.25, 0.3) is 11.0 Å². The zero-order valence-corrected chi connectivity index (χ0v) is 12.6. The van der Waals surface area contributed by atoms with Gasteiger partial charge in [0.05, 0.1) is 5.69 Å². The summed E-state index contributed by atoms with van der Waals surface area (Å²) >= 11 is 0. The van der Waals surface area contributed by atoms with Crippen LogP contribution in [-0.2, 0) is 0 Å². The molecule has 0 saturated heterocycles. The summed E-state index contributed by atoms with van der Waals surface area (Å²) in [6, 6.07) is 7.99. The average molecular weight is 271 g/mol. The number of hydrogen-bond acceptors (Lipinski definition) is 3. The molecule has 1 aromatic heterocycles. The van der Waals surface area contributed by atoms with Crippen LogP contribution in [0.4, 0.5) is 5.69 Å². The summed E-state index contributed by atoms with van der Waals surface area (Å²) in [5.74, 6) is 0. The van der Waals surface area contributed by atoms with Crippen LogP contribution in [0.3, 0.4) is 0 Å². The Morgan fingerprint density at radius 2 is 2.00 bits per heavy atom. The molecule has 1 aromatic carbocycles. The van der Waals surface area contributed by atoms with Gasteiger partial charge >= 0.3 is 5.63 Å². The maximum Gasteiger partial charge on any atom is 0.329 e. The Morgan fingerprint density at radius 1 is 1.20 bits per heavy atom. The molecule has 0 amide bonds. The molecule has 0 unspecified atom stereocenters. The van der Waals surface area contributed by atoms with E-state index in [0.717, 1.165) is 43.4 Å². The summed E-state index contributed by atoms with van der Waals surface area (Å²) in [7, 11) is 1.79. The molecule has 0 N–H and O–H groups in total. The van der Waals surface area contributed by atoms with E-state index in [1.807, 2.05) is 24.3 Å². The molecular weight excluding hydrogens is 249 g/mol. The van der Waals surface area contributed by atoms with E-state index in [-0.39, 0.29) is 5.63 Å². The third-order valence-electron chi connectivity index (χ3n) is 3.53. The topological polar surface area (TPSA) is 33.5 Å². The van der Waals surface area contributed by atoms with Crippen LogP contribution in [0.5, 0.6) is 0 Å². The molecule has 20 heavy (non-hydrogen) atoms. The van der Waals surface area contributed by atoms with Gasteiger partial charge in [0, 0.05) is 18.5 Å². The number of unbranched alkanes of at least 4 members (excludes halogenated alkanes) is 1. The molecule has 0 spiro atoms. The monoisotopic (exact) mass is 271 g/mol. The molecule has 3 nitrogen and oxygen atoms in total. The fourth-order valence-electron chi connectivity index (χ4n) is 2.45. The zero-order chi connectivity index (χ0) is 14.5. The van der Waals surface area contributed by atoms with Gasteiger partial charge in [0.15, 0.2) is 5.58 Å². The van der Waals surface area contributed by atoms with Crippen molar-refractivity contribution >= 4 is 30.0 Å². The van der Waals surface area contributed by atoms with Gasteiger partial charge in [-0.2, -0.15) is 0 Å². The van der Waals surface area contributed by atoms with Gasteiger partial charge in [0.25, 0.3) is 0 Å². The number of hydrogen-bond donors (Lipinski definition) is 0. The number of para-hydroxylation sites is 1. The lowest BCUT2D eigenvalue weighted by molar-refractivity contribution is 0.564. The van der Waals surface area contributed by atoms with Crippen LogP contribution in [0, 0.1) is 0 Å². The van der Waals surface area contributed by atoms with Crippen molar-refractivity contribution in [2.24, 2.45) is 0 Å². The third-order valence-corrected chi connectivity index (χ3v) is 3.53. The molecule has 0 saturated carbocycles. The SMILES string of the molecule is Bc1cc2cccc(N(CCC)CCCC)c2oc1=O. The lowest BCUT2D eigenvalue weighted by Gasteiger charge is -2.24. The van der Waals surface area contributed by atoms with Crippen molar-refractivity contribution in [3.8, 4) is 0 Å². The summed E-state index contributed by atoms with van der Waals surface area (Å²) in [6.07, 6.45) is 3.39. The minimum atomic E-state index is -0.239. The van der Waals surface area contributed by atoms with Gasteiger partial charge in [-0.3, -0.25) is 0 Å². The van der Waals surface area contributed by atoms with Gasteiger partial charge in [0.1, 0.15) is 7.85 Å². The average Bonchev–Trinajstić information content (AvgIpc) is 2.44. The fraction of sp³-hybridized carbons (Fsp3) is 0.438. The quantitative estimate of drug-likeness (QED) is 0.595. The van der Waals surface area contributed by atoms with E-state index in [1.54, 1.807) is 7.85 Å². The van der Waals surface area contributed by atoms with Crippen molar-refractivity contribution in [1.82, 2.24) is 0 Å². The number of anilines is 1. The standard InChI is InChI=1S/C16H22BNO2/c1-3-5-10-18(9-4-2)14-8-6-7-12-11-13(17)16(19)20-15(12)14/h6-8,11H,3-5,9-10,17H2,1-2H3. The molecule has 0 aliphatic carbocycles. The van der Waals surface area contributed by atoms with Crippen LogP contribution in [-0.4, -0.2) is 20.9 Å². The van der Waals surface area contributed by atoms with Gasteiger partial charge in [0.2, 0.25) is 0 Å². The van der Waals surface area contributed by atoms with Crippen LogP contribution in [0.2, 0.25) is 0 Å². The Balaban J connectivity index is 2.50. The Kier molecular flexibility index (Phi) is 4.88. The summed E-state index contributed by atoms with van der Waals surface area (Å²) in [4.78, 5) is 14.1. The minimum Gasteiger partial charge on any atom is -0.421 e. The summed E-state index contributed by atoms with van der Waals surface area (Å²) in [5.41, 5.74) is 2.17. The normalized spacial score (nSPS) is 10.9. The third kappa shape index (κ3) is 3.06.